The Balaban J connectivity index is 1.46. The quantitative estimate of drug-likeness (QED) is 0.732. The van der Waals surface area contributed by atoms with E-state index in [-0.39, 0.29) is 12.4 Å². The number of hydrogen-bond donors (Lipinski definition) is 1. The van der Waals surface area contributed by atoms with E-state index in [0.717, 1.165) is 23.5 Å². The second-order valence-corrected chi connectivity index (χ2v) is 5.61. The Kier molecular flexibility index (Phi) is 5.11. The number of hydrogen-bond acceptors (Lipinski definition) is 3. The molecule has 0 atom stereocenters. The fourth-order valence-corrected chi connectivity index (χ4v) is 2.40. The molecular formula is C18H16F3N3O2. The number of fused-ring (bicyclic) bond motifs is 1. The van der Waals surface area contributed by atoms with Gasteiger partial charge in [0, 0.05) is 25.4 Å². The van der Waals surface area contributed by atoms with Crippen LogP contribution in [0.3, 0.4) is 0 Å². The van der Waals surface area contributed by atoms with Gasteiger partial charge in [-0.3, -0.25) is 4.79 Å². The first-order chi connectivity index (χ1) is 12.4. The number of benzene rings is 1. The number of halogens is 3. The van der Waals surface area contributed by atoms with Gasteiger partial charge in [-0.1, -0.05) is 12.1 Å². The fourth-order valence-electron chi connectivity index (χ4n) is 2.40. The van der Waals surface area contributed by atoms with Crippen LogP contribution < -0.4 is 10.1 Å². The maximum atomic E-state index is 12.6. The highest BCUT2D eigenvalue weighted by molar-refractivity contribution is 5.77. The highest BCUT2D eigenvalue weighted by atomic mass is 19.4. The molecule has 1 aromatic carbocycles. The second kappa shape index (κ2) is 7.47. The number of ether oxygens (including phenoxy) is 1. The summed E-state index contributed by atoms with van der Waals surface area (Å²) in [4.78, 5) is 16.2. The molecule has 2 heterocycles. The summed E-state index contributed by atoms with van der Waals surface area (Å²) >= 11 is 0. The summed E-state index contributed by atoms with van der Waals surface area (Å²) in [6, 6.07) is 10.1. The minimum absolute atomic E-state index is 0.00433. The largest absolute Gasteiger partial charge is 0.484 e. The lowest BCUT2D eigenvalue weighted by Crippen LogP contribution is -2.30. The van der Waals surface area contributed by atoms with Crippen molar-refractivity contribution in [3.8, 4) is 5.75 Å². The molecule has 0 bridgehead atoms. The highest BCUT2D eigenvalue weighted by Gasteiger charge is 2.30. The Bertz CT molecular complexity index is 873. The van der Waals surface area contributed by atoms with Crippen LogP contribution in [-0.2, 0) is 17.4 Å². The van der Waals surface area contributed by atoms with E-state index in [1.165, 1.54) is 12.1 Å². The highest BCUT2D eigenvalue weighted by Crippen LogP contribution is 2.31. The van der Waals surface area contributed by atoms with Gasteiger partial charge < -0.3 is 14.5 Å². The summed E-state index contributed by atoms with van der Waals surface area (Å²) in [5.41, 5.74) is 0.833. The molecule has 5 nitrogen and oxygen atoms in total. The van der Waals surface area contributed by atoms with Crippen LogP contribution in [0, 0.1) is 0 Å². The average molecular weight is 363 g/mol. The number of carbonyl (C=O) groups excluding carboxylic acids is 1. The van der Waals surface area contributed by atoms with Gasteiger partial charge >= 0.3 is 6.18 Å². The van der Waals surface area contributed by atoms with Crippen LogP contribution in [0.4, 0.5) is 13.2 Å². The number of nitrogens with one attached hydrogen (secondary N) is 1. The van der Waals surface area contributed by atoms with Gasteiger partial charge in [0.05, 0.1) is 11.3 Å². The van der Waals surface area contributed by atoms with Crippen LogP contribution in [0.1, 0.15) is 11.3 Å². The Morgan fingerprint density at radius 2 is 2.04 bits per heavy atom. The molecule has 0 radical (unpaired) electrons. The molecule has 0 saturated heterocycles. The predicted octanol–water partition coefficient (Wildman–Crippen LogP) is 3.09. The maximum absolute atomic E-state index is 12.6. The third-order valence-electron chi connectivity index (χ3n) is 3.65. The molecule has 0 aliphatic rings. The molecular weight excluding hydrogens is 347 g/mol. The van der Waals surface area contributed by atoms with Crippen LogP contribution in [-0.4, -0.2) is 28.4 Å². The van der Waals surface area contributed by atoms with Gasteiger partial charge in [-0.15, -0.1) is 0 Å². The summed E-state index contributed by atoms with van der Waals surface area (Å²) in [6.07, 6.45) is -0.152. The van der Waals surface area contributed by atoms with Gasteiger partial charge in [0.15, 0.2) is 6.61 Å². The van der Waals surface area contributed by atoms with E-state index in [9.17, 15) is 18.0 Å². The molecule has 1 amide bonds. The van der Waals surface area contributed by atoms with Crippen molar-refractivity contribution in [1.82, 2.24) is 14.7 Å². The van der Waals surface area contributed by atoms with Gasteiger partial charge in [0.1, 0.15) is 11.4 Å². The number of amides is 1. The Labute approximate surface area is 147 Å². The van der Waals surface area contributed by atoms with Crippen molar-refractivity contribution in [2.24, 2.45) is 0 Å². The molecule has 2 aromatic heterocycles. The molecule has 26 heavy (non-hydrogen) atoms. The van der Waals surface area contributed by atoms with E-state index >= 15 is 0 Å². The van der Waals surface area contributed by atoms with E-state index in [0.29, 0.717) is 13.0 Å². The number of alkyl halides is 3. The van der Waals surface area contributed by atoms with Crippen LogP contribution in [0.15, 0.2) is 54.9 Å². The summed E-state index contributed by atoms with van der Waals surface area (Å²) in [6.45, 7) is 0.00113. The zero-order valence-electron chi connectivity index (χ0n) is 13.7. The smallest absolute Gasteiger partial charge is 0.416 e. The van der Waals surface area contributed by atoms with Gasteiger partial charge in [-0.05, 0) is 30.3 Å². The SMILES string of the molecule is O=C(COc1cccc(C(F)(F)F)c1)NCCc1cn2ccccc2n1. The lowest BCUT2D eigenvalue weighted by atomic mass is 10.2. The van der Waals surface area contributed by atoms with Crippen molar-refractivity contribution in [1.29, 1.82) is 0 Å². The molecule has 0 saturated carbocycles. The monoisotopic (exact) mass is 363 g/mol. The van der Waals surface area contributed by atoms with E-state index in [1.54, 1.807) is 0 Å². The predicted molar refractivity (Wildman–Crippen MR) is 88.8 cm³/mol. The minimum atomic E-state index is -4.45. The normalized spacial score (nSPS) is 11.5. The summed E-state index contributed by atoms with van der Waals surface area (Å²) in [5, 5.41) is 2.66. The van der Waals surface area contributed by atoms with Gasteiger partial charge in [-0.25, -0.2) is 4.98 Å². The summed E-state index contributed by atoms with van der Waals surface area (Å²) < 4.78 is 44.9. The minimum Gasteiger partial charge on any atom is -0.484 e. The van der Waals surface area contributed by atoms with Crippen LogP contribution in [0.2, 0.25) is 0 Å². The number of imidazole rings is 1. The summed E-state index contributed by atoms with van der Waals surface area (Å²) in [5.74, 6) is -0.415. The third kappa shape index (κ3) is 4.53. The van der Waals surface area contributed by atoms with Crippen LogP contribution >= 0.6 is 0 Å². The number of nitrogens with zero attached hydrogens (tertiary/aromatic N) is 2. The number of aromatic nitrogens is 2. The molecule has 136 valence electrons. The van der Waals surface area contributed by atoms with Gasteiger partial charge in [0.25, 0.3) is 5.91 Å². The average Bonchev–Trinajstić information content (AvgIpc) is 3.02. The first-order valence-corrected chi connectivity index (χ1v) is 7.91. The van der Waals surface area contributed by atoms with Crippen molar-refractivity contribution in [3.05, 3.63) is 66.1 Å². The number of carbonyl (C=O) groups is 1. The molecule has 0 aliphatic heterocycles. The molecule has 3 aromatic rings. The second-order valence-electron chi connectivity index (χ2n) is 5.61. The molecule has 0 fully saturated rings. The van der Waals surface area contributed by atoms with Gasteiger partial charge in [0.2, 0.25) is 0 Å². The van der Waals surface area contributed by atoms with Crippen molar-refractivity contribution >= 4 is 11.6 Å². The van der Waals surface area contributed by atoms with E-state index in [1.807, 2.05) is 35.0 Å². The molecule has 8 heteroatoms. The zero-order chi connectivity index (χ0) is 18.6. The van der Waals surface area contributed by atoms with Crippen LogP contribution in [0.5, 0.6) is 5.75 Å². The molecule has 0 aliphatic carbocycles. The molecule has 0 unspecified atom stereocenters. The molecule has 3 rings (SSSR count). The van der Waals surface area contributed by atoms with Gasteiger partial charge in [-0.2, -0.15) is 13.2 Å². The molecule has 0 spiro atoms. The Hall–Kier alpha value is -3.03. The third-order valence-corrected chi connectivity index (χ3v) is 3.65. The summed E-state index contributed by atoms with van der Waals surface area (Å²) in [7, 11) is 0. The topological polar surface area (TPSA) is 55.6 Å². The Morgan fingerprint density at radius 1 is 1.19 bits per heavy atom. The zero-order valence-corrected chi connectivity index (χ0v) is 13.7. The first kappa shape index (κ1) is 17.8. The van der Waals surface area contributed by atoms with Crippen molar-refractivity contribution in [2.45, 2.75) is 12.6 Å². The van der Waals surface area contributed by atoms with Crippen molar-refractivity contribution in [2.75, 3.05) is 13.2 Å². The Morgan fingerprint density at radius 3 is 2.81 bits per heavy atom. The standard InChI is InChI=1S/C18H16F3N3O2/c19-18(20,21)13-4-3-5-15(10-13)26-12-17(25)22-8-7-14-11-24-9-2-1-6-16(24)23-14/h1-6,9-11H,7-8,12H2,(H,22,25). The first-order valence-electron chi connectivity index (χ1n) is 7.91. The lowest BCUT2D eigenvalue weighted by Gasteiger charge is -2.10. The fraction of sp³-hybridized carbons (Fsp3) is 0.222. The number of rotatable bonds is 6. The maximum Gasteiger partial charge on any atom is 0.416 e. The van der Waals surface area contributed by atoms with E-state index < -0.39 is 17.6 Å². The van der Waals surface area contributed by atoms with Crippen LogP contribution in [0.25, 0.3) is 5.65 Å². The molecule has 1 N–H and O–H groups in total. The van der Waals surface area contributed by atoms with Crippen molar-refractivity contribution in [3.63, 3.8) is 0 Å². The van der Waals surface area contributed by atoms with E-state index in [4.69, 9.17) is 4.74 Å². The lowest BCUT2D eigenvalue weighted by molar-refractivity contribution is -0.137. The number of pyridine rings is 1. The van der Waals surface area contributed by atoms with Crippen molar-refractivity contribution < 1.29 is 22.7 Å². The van der Waals surface area contributed by atoms with E-state index in [2.05, 4.69) is 10.3 Å².